The molecule has 0 aliphatic carbocycles. The second-order valence-corrected chi connectivity index (χ2v) is 6.01. The molecule has 0 bridgehead atoms. The van der Waals surface area contributed by atoms with Crippen LogP contribution in [-0.4, -0.2) is 49.2 Å². The third-order valence-corrected chi connectivity index (χ3v) is 4.58. The van der Waals surface area contributed by atoms with Gasteiger partial charge in [0.05, 0.1) is 12.7 Å². The lowest BCUT2D eigenvalue weighted by molar-refractivity contribution is -0.0461. The van der Waals surface area contributed by atoms with E-state index in [1.54, 1.807) is 0 Å². The number of carbonyl (C=O) groups is 1. The second kappa shape index (κ2) is 6.58. The summed E-state index contributed by atoms with van der Waals surface area (Å²) < 4.78 is 5.86. The molecule has 2 heterocycles. The van der Waals surface area contributed by atoms with Crippen LogP contribution < -0.4 is 5.32 Å². The van der Waals surface area contributed by atoms with Crippen LogP contribution in [0.5, 0.6) is 0 Å². The van der Waals surface area contributed by atoms with Gasteiger partial charge in [-0.1, -0.05) is 19.1 Å². The Morgan fingerprint density at radius 3 is 2.95 bits per heavy atom. The molecule has 2 fully saturated rings. The average molecular weight is 288 g/mol. The molecule has 0 radical (unpaired) electrons. The Morgan fingerprint density at radius 1 is 1.38 bits per heavy atom. The summed E-state index contributed by atoms with van der Waals surface area (Å²) in [4.78, 5) is 14.6. The molecule has 1 amide bonds. The highest BCUT2D eigenvalue weighted by Gasteiger charge is 2.32. The normalized spacial score (nSPS) is 25.6. The molecule has 1 aromatic rings. The number of carbonyl (C=O) groups excluding carboxylic acids is 1. The lowest BCUT2D eigenvalue weighted by atomic mass is 10.1. The van der Waals surface area contributed by atoms with Gasteiger partial charge in [0, 0.05) is 24.7 Å². The van der Waals surface area contributed by atoms with Crippen molar-refractivity contribution in [2.75, 3.05) is 26.2 Å². The number of benzene rings is 1. The summed E-state index contributed by atoms with van der Waals surface area (Å²) in [6, 6.07) is 8.43. The van der Waals surface area contributed by atoms with Gasteiger partial charge in [-0.2, -0.15) is 0 Å². The zero-order valence-corrected chi connectivity index (χ0v) is 12.7. The van der Waals surface area contributed by atoms with Crippen LogP contribution in [0.15, 0.2) is 24.3 Å². The number of nitrogens with zero attached hydrogens (tertiary/aromatic N) is 1. The van der Waals surface area contributed by atoms with Crippen molar-refractivity contribution >= 4 is 5.91 Å². The molecular weight excluding hydrogens is 264 g/mol. The van der Waals surface area contributed by atoms with Crippen molar-refractivity contribution in [3.05, 3.63) is 35.4 Å². The van der Waals surface area contributed by atoms with Crippen molar-refractivity contribution in [1.29, 1.82) is 0 Å². The van der Waals surface area contributed by atoms with E-state index >= 15 is 0 Å². The van der Waals surface area contributed by atoms with Crippen LogP contribution in [-0.2, 0) is 11.2 Å². The summed E-state index contributed by atoms with van der Waals surface area (Å²) in [6.07, 6.45) is 3.65. The topological polar surface area (TPSA) is 41.6 Å². The van der Waals surface area contributed by atoms with Gasteiger partial charge < -0.3 is 10.1 Å². The van der Waals surface area contributed by atoms with Crippen molar-refractivity contribution in [3.8, 4) is 0 Å². The van der Waals surface area contributed by atoms with Crippen molar-refractivity contribution < 1.29 is 9.53 Å². The summed E-state index contributed by atoms with van der Waals surface area (Å²) in [5, 5.41) is 3.00. The lowest BCUT2D eigenvalue weighted by Crippen LogP contribution is -2.50. The predicted octanol–water partition coefficient (Wildman–Crippen LogP) is 1.84. The van der Waals surface area contributed by atoms with Crippen LogP contribution in [0.2, 0.25) is 0 Å². The monoisotopic (exact) mass is 288 g/mol. The summed E-state index contributed by atoms with van der Waals surface area (Å²) in [5.74, 6) is -0.00945. The van der Waals surface area contributed by atoms with Crippen molar-refractivity contribution in [3.63, 3.8) is 0 Å². The zero-order valence-electron chi connectivity index (χ0n) is 12.7. The first-order valence-corrected chi connectivity index (χ1v) is 7.99. The third kappa shape index (κ3) is 3.44. The SMILES string of the molecule is CCc1ccc(C(=O)NC[C@H]2CN3CCC[C@H]3CO2)cc1. The molecule has 0 spiro atoms. The molecule has 114 valence electrons. The van der Waals surface area contributed by atoms with Crippen molar-refractivity contribution in [2.45, 2.75) is 38.3 Å². The molecule has 0 saturated carbocycles. The molecule has 4 nitrogen and oxygen atoms in total. The Kier molecular flexibility index (Phi) is 4.56. The number of nitrogens with one attached hydrogen (secondary N) is 1. The third-order valence-electron chi connectivity index (χ3n) is 4.58. The Labute approximate surface area is 126 Å². The van der Waals surface area contributed by atoms with E-state index in [2.05, 4.69) is 17.1 Å². The van der Waals surface area contributed by atoms with Crippen molar-refractivity contribution in [1.82, 2.24) is 10.2 Å². The number of hydrogen-bond donors (Lipinski definition) is 1. The van der Waals surface area contributed by atoms with E-state index in [0.717, 1.165) is 25.1 Å². The van der Waals surface area contributed by atoms with E-state index in [9.17, 15) is 4.79 Å². The summed E-state index contributed by atoms with van der Waals surface area (Å²) >= 11 is 0. The van der Waals surface area contributed by atoms with Gasteiger partial charge in [0.15, 0.2) is 0 Å². The minimum Gasteiger partial charge on any atom is -0.373 e. The number of fused-ring (bicyclic) bond motifs is 1. The van der Waals surface area contributed by atoms with Crippen LogP contribution in [0.25, 0.3) is 0 Å². The maximum Gasteiger partial charge on any atom is 0.251 e. The molecule has 0 aromatic heterocycles. The highest BCUT2D eigenvalue weighted by Crippen LogP contribution is 2.22. The first kappa shape index (κ1) is 14.5. The molecule has 2 aliphatic heterocycles. The molecule has 21 heavy (non-hydrogen) atoms. The molecule has 0 unspecified atom stereocenters. The van der Waals surface area contributed by atoms with E-state index in [1.165, 1.54) is 24.9 Å². The zero-order chi connectivity index (χ0) is 14.7. The van der Waals surface area contributed by atoms with E-state index in [0.29, 0.717) is 12.6 Å². The van der Waals surface area contributed by atoms with Gasteiger partial charge in [-0.05, 0) is 43.5 Å². The largest absolute Gasteiger partial charge is 0.373 e. The van der Waals surface area contributed by atoms with Crippen LogP contribution in [0, 0.1) is 0 Å². The number of aryl methyl sites for hydroxylation is 1. The fourth-order valence-electron chi connectivity index (χ4n) is 3.21. The Hall–Kier alpha value is -1.39. The molecule has 3 rings (SSSR count). The van der Waals surface area contributed by atoms with Gasteiger partial charge in [0.2, 0.25) is 0 Å². The number of ether oxygens (including phenoxy) is 1. The van der Waals surface area contributed by atoms with Gasteiger partial charge in [-0.3, -0.25) is 9.69 Å². The maximum atomic E-state index is 12.1. The van der Waals surface area contributed by atoms with Gasteiger partial charge in [0.25, 0.3) is 5.91 Å². The standard InChI is InChI=1S/C17H24N2O2/c1-2-13-5-7-14(8-6-13)17(20)18-10-16-11-19-9-3-4-15(19)12-21-16/h5-8,15-16H,2-4,9-12H2,1H3,(H,18,20)/t15-,16-/m0/s1. The first-order chi connectivity index (χ1) is 10.3. The Morgan fingerprint density at radius 2 is 2.19 bits per heavy atom. The molecule has 1 N–H and O–H groups in total. The van der Waals surface area contributed by atoms with Gasteiger partial charge >= 0.3 is 0 Å². The predicted molar refractivity (Wildman–Crippen MR) is 82.5 cm³/mol. The highest BCUT2D eigenvalue weighted by atomic mass is 16.5. The summed E-state index contributed by atoms with van der Waals surface area (Å²) in [5.41, 5.74) is 1.98. The highest BCUT2D eigenvalue weighted by molar-refractivity contribution is 5.94. The van der Waals surface area contributed by atoms with E-state index in [1.807, 2.05) is 24.3 Å². The van der Waals surface area contributed by atoms with Crippen molar-refractivity contribution in [2.24, 2.45) is 0 Å². The van der Waals surface area contributed by atoms with Crippen LogP contribution >= 0.6 is 0 Å². The van der Waals surface area contributed by atoms with Crippen LogP contribution in [0.3, 0.4) is 0 Å². The molecular formula is C17H24N2O2. The van der Waals surface area contributed by atoms with Gasteiger partial charge in [-0.25, -0.2) is 0 Å². The average Bonchev–Trinajstić information content (AvgIpc) is 3.00. The van der Waals surface area contributed by atoms with E-state index in [4.69, 9.17) is 4.74 Å². The van der Waals surface area contributed by atoms with Gasteiger partial charge in [0.1, 0.15) is 0 Å². The Bertz CT molecular complexity index is 486. The van der Waals surface area contributed by atoms with Gasteiger partial charge in [-0.15, -0.1) is 0 Å². The summed E-state index contributed by atoms with van der Waals surface area (Å²) in [6.45, 7) is 5.64. The molecule has 4 heteroatoms. The first-order valence-electron chi connectivity index (χ1n) is 7.99. The number of amides is 1. The fraction of sp³-hybridized carbons (Fsp3) is 0.588. The van der Waals surface area contributed by atoms with E-state index < -0.39 is 0 Å². The number of rotatable bonds is 4. The quantitative estimate of drug-likeness (QED) is 0.919. The van der Waals surface area contributed by atoms with Crippen LogP contribution in [0.1, 0.15) is 35.7 Å². The second-order valence-electron chi connectivity index (χ2n) is 6.01. The lowest BCUT2D eigenvalue weighted by Gasteiger charge is -2.35. The molecule has 2 atom stereocenters. The van der Waals surface area contributed by atoms with Crippen LogP contribution in [0.4, 0.5) is 0 Å². The molecule has 1 aromatic carbocycles. The molecule has 2 saturated heterocycles. The maximum absolute atomic E-state index is 12.1. The number of morpholine rings is 1. The number of hydrogen-bond acceptors (Lipinski definition) is 3. The summed E-state index contributed by atoms with van der Waals surface area (Å²) in [7, 11) is 0. The molecule has 2 aliphatic rings. The smallest absolute Gasteiger partial charge is 0.251 e. The minimum absolute atomic E-state index is 0.00945. The minimum atomic E-state index is -0.00945. The van der Waals surface area contributed by atoms with E-state index in [-0.39, 0.29) is 12.0 Å². The fourth-order valence-corrected chi connectivity index (χ4v) is 3.21. The Balaban J connectivity index is 1.49.